The number of amides is 1. The Labute approximate surface area is 521 Å². The van der Waals surface area contributed by atoms with Crippen LogP contribution in [-0.2, 0) is 23.7 Å². The highest BCUT2D eigenvalue weighted by Gasteiger charge is 2.51. The van der Waals surface area contributed by atoms with Crippen LogP contribution >= 0.6 is 0 Å². The molecule has 2 aliphatic rings. The van der Waals surface area contributed by atoms with Gasteiger partial charge in [0, 0.05) is 6.42 Å². The molecule has 14 nitrogen and oxygen atoms in total. The first kappa shape index (κ1) is 78.7. The Bertz CT molecular complexity index is 1860. The molecule has 0 aromatic carbocycles. The molecule has 2 heterocycles. The normalized spacial score (nSPS) is 24.1. The van der Waals surface area contributed by atoms with Crippen molar-refractivity contribution in [3.8, 4) is 0 Å². The molecule has 2 aliphatic heterocycles. The molecule has 0 radical (unpaired) electrons. The number of ether oxygens (including phenoxy) is 4. The summed E-state index contributed by atoms with van der Waals surface area (Å²) in [5, 5.41) is 87.3. The third-order valence-corrected chi connectivity index (χ3v) is 16.0. The fourth-order valence-corrected chi connectivity index (χ4v) is 10.5. The highest BCUT2D eigenvalue weighted by Crippen LogP contribution is 2.30. The van der Waals surface area contributed by atoms with Crippen molar-refractivity contribution < 1.29 is 64.6 Å². The van der Waals surface area contributed by atoms with Crippen molar-refractivity contribution in [2.24, 2.45) is 0 Å². The Balaban J connectivity index is 1.63. The summed E-state index contributed by atoms with van der Waals surface area (Å²) in [6.07, 6.45) is 62.8. The molecule has 14 heteroatoms. The lowest BCUT2D eigenvalue weighted by Gasteiger charge is -2.46. The minimum absolute atomic E-state index is 0.245. The fourth-order valence-electron chi connectivity index (χ4n) is 10.5. The maximum absolute atomic E-state index is 13.3. The average Bonchev–Trinajstić information content (AvgIpc) is 1.83. The van der Waals surface area contributed by atoms with Crippen LogP contribution in [0.4, 0.5) is 0 Å². The van der Waals surface area contributed by atoms with Gasteiger partial charge in [-0.15, -0.1) is 0 Å². The van der Waals surface area contributed by atoms with Gasteiger partial charge in [-0.05, 0) is 83.5 Å². The summed E-state index contributed by atoms with van der Waals surface area (Å²) in [6.45, 7) is 2.68. The predicted molar refractivity (Wildman–Crippen MR) is 350 cm³/mol. The van der Waals surface area contributed by atoms with Crippen LogP contribution in [0.2, 0.25) is 0 Å². The number of nitrogens with one attached hydrogen (secondary N) is 1. The average molecular weight is 1210 g/mol. The van der Waals surface area contributed by atoms with Crippen molar-refractivity contribution in [2.75, 3.05) is 19.8 Å². The third-order valence-electron chi connectivity index (χ3n) is 16.0. The number of hydrogen-bond acceptors (Lipinski definition) is 13. The first-order valence-corrected chi connectivity index (χ1v) is 34.1. The molecular weight excluding hydrogens is 1090 g/mol. The van der Waals surface area contributed by atoms with Crippen molar-refractivity contribution in [3.05, 3.63) is 109 Å². The van der Waals surface area contributed by atoms with Gasteiger partial charge in [-0.2, -0.15) is 0 Å². The molecule has 0 spiro atoms. The van der Waals surface area contributed by atoms with E-state index in [4.69, 9.17) is 18.9 Å². The predicted octanol–water partition coefficient (Wildman–Crippen LogP) is 13.6. The summed E-state index contributed by atoms with van der Waals surface area (Å²) in [6, 6.07) is -0.922. The zero-order chi connectivity index (χ0) is 62.3. The SMILES string of the molecule is CC/C=C\C/C=C\C/C=C\C/C=C\C/C=C\C/C=C\C/C=C\C/C=C\CCCCCCCCCCCCCCC(=O)NC(COC1OC(CO)C(OC2OC(CO)C(O)C(O)C2O)C(O)C1O)C(O)/C=C/CCCCCCCCCCCCCCC. The lowest BCUT2D eigenvalue weighted by molar-refractivity contribution is -0.359. The minimum atomic E-state index is -1.79. The Kier molecular flexibility index (Phi) is 51.0. The van der Waals surface area contributed by atoms with E-state index in [0.717, 1.165) is 96.3 Å². The molecule has 494 valence electrons. The number of rotatable bonds is 54. The van der Waals surface area contributed by atoms with E-state index in [0.29, 0.717) is 6.42 Å². The molecule has 2 saturated heterocycles. The summed E-state index contributed by atoms with van der Waals surface area (Å²) in [4.78, 5) is 13.3. The smallest absolute Gasteiger partial charge is 0.220 e. The van der Waals surface area contributed by atoms with Gasteiger partial charge in [0.15, 0.2) is 12.6 Å². The zero-order valence-electron chi connectivity index (χ0n) is 53.5. The lowest BCUT2D eigenvalue weighted by atomic mass is 9.97. The van der Waals surface area contributed by atoms with Gasteiger partial charge in [0.05, 0.1) is 32.0 Å². The molecule has 1 amide bonds. The van der Waals surface area contributed by atoms with Crippen LogP contribution in [0.1, 0.15) is 245 Å². The third kappa shape index (κ3) is 39.6. The van der Waals surface area contributed by atoms with Crippen LogP contribution in [0.5, 0.6) is 0 Å². The molecule has 0 aromatic rings. The van der Waals surface area contributed by atoms with Crippen molar-refractivity contribution in [1.29, 1.82) is 0 Å². The van der Waals surface area contributed by atoms with Crippen LogP contribution in [-0.4, -0.2) is 140 Å². The van der Waals surface area contributed by atoms with Gasteiger partial charge < -0.3 is 65.1 Å². The number of carbonyl (C=O) groups is 1. The summed E-state index contributed by atoms with van der Waals surface area (Å²) >= 11 is 0. The number of allylic oxidation sites excluding steroid dienone is 17. The summed E-state index contributed by atoms with van der Waals surface area (Å²) in [5.41, 5.74) is 0. The quantitative estimate of drug-likeness (QED) is 0.0204. The van der Waals surface area contributed by atoms with Gasteiger partial charge in [-0.1, -0.05) is 264 Å². The fraction of sp³-hybridized carbons (Fsp3) is 0.736. The van der Waals surface area contributed by atoms with Gasteiger partial charge in [0.1, 0.15) is 48.8 Å². The molecule has 0 bridgehead atoms. The van der Waals surface area contributed by atoms with Crippen LogP contribution in [0.3, 0.4) is 0 Å². The summed E-state index contributed by atoms with van der Waals surface area (Å²) < 4.78 is 22.8. The highest BCUT2D eigenvalue weighted by atomic mass is 16.7. The van der Waals surface area contributed by atoms with Gasteiger partial charge >= 0.3 is 0 Å². The molecular formula is C72H123NO13. The van der Waals surface area contributed by atoms with Crippen molar-refractivity contribution in [3.63, 3.8) is 0 Å². The van der Waals surface area contributed by atoms with Crippen LogP contribution in [0.15, 0.2) is 109 Å². The van der Waals surface area contributed by atoms with Gasteiger partial charge in [-0.3, -0.25) is 4.79 Å². The Hall–Kier alpha value is -3.35. The number of carbonyl (C=O) groups excluding carboxylic acids is 1. The topological polar surface area (TPSA) is 228 Å². The second kappa shape index (κ2) is 55.7. The second-order valence-corrected chi connectivity index (χ2v) is 23.6. The lowest BCUT2D eigenvalue weighted by Crippen LogP contribution is -2.65. The largest absolute Gasteiger partial charge is 0.394 e. The molecule has 12 unspecified atom stereocenters. The first-order valence-electron chi connectivity index (χ1n) is 34.1. The Morgan fingerprint density at radius 1 is 0.430 bits per heavy atom. The van der Waals surface area contributed by atoms with E-state index in [-0.39, 0.29) is 18.9 Å². The standard InChI is InChI=1S/C72H123NO13/c1-3-5-7-9-11-13-15-17-19-20-21-22-23-24-25-26-27-28-29-30-31-32-33-34-35-36-37-38-39-40-42-44-46-48-50-52-54-56-64(77)73-60(61(76)55-53-51-49-47-45-43-41-18-16-14-12-10-8-6-4-2)59-83-71-69(82)67(80)70(63(58-75)85-71)86-72-68(81)66(79)65(78)62(57-74)84-72/h5,7,11,13,17,19,21-22,24-25,27-28,30-31,33-34,53,55,60-63,65-72,74-76,78-82H,3-4,6,8-10,12,14-16,18,20,23,26,29,32,35-52,54,56-59H2,1-2H3,(H,73,77)/b7-5-,13-11-,19-17-,22-21-,25-24-,28-27-,31-30-,34-33-,55-53+. The molecule has 0 aromatic heterocycles. The molecule has 9 N–H and O–H groups in total. The number of aliphatic hydroxyl groups is 8. The van der Waals surface area contributed by atoms with Crippen molar-refractivity contribution in [1.82, 2.24) is 5.32 Å². The van der Waals surface area contributed by atoms with Gasteiger partial charge in [0.25, 0.3) is 0 Å². The zero-order valence-corrected chi connectivity index (χ0v) is 53.5. The Morgan fingerprint density at radius 2 is 0.802 bits per heavy atom. The molecule has 0 saturated carbocycles. The van der Waals surface area contributed by atoms with Crippen molar-refractivity contribution in [2.45, 2.75) is 319 Å². The summed E-state index contributed by atoms with van der Waals surface area (Å²) in [5.74, 6) is -0.245. The summed E-state index contributed by atoms with van der Waals surface area (Å²) in [7, 11) is 0. The van der Waals surface area contributed by atoms with E-state index in [1.54, 1.807) is 6.08 Å². The number of hydrogen-bond donors (Lipinski definition) is 9. The van der Waals surface area contributed by atoms with Crippen LogP contribution in [0, 0.1) is 0 Å². The van der Waals surface area contributed by atoms with Gasteiger partial charge in [0.2, 0.25) is 5.91 Å². The monoisotopic (exact) mass is 1210 g/mol. The van der Waals surface area contributed by atoms with Crippen molar-refractivity contribution >= 4 is 5.91 Å². The van der Waals surface area contributed by atoms with Gasteiger partial charge in [-0.25, -0.2) is 0 Å². The molecule has 2 fully saturated rings. The molecule has 12 atom stereocenters. The first-order chi connectivity index (χ1) is 42.1. The van der Waals surface area contributed by atoms with E-state index in [1.807, 2.05) is 6.08 Å². The van der Waals surface area contributed by atoms with E-state index in [1.165, 1.54) is 122 Å². The van der Waals surface area contributed by atoms with E-state index in [2.05, 4.69) is 116 Å². The van der Waals surface area contributed by atoms with E-state index in [9.17, 15) is 45.6 Å². The molecule has 0 aliphatic carbocycles. The highest BCUT2D eigenvalue weighted by molar-refractivity contribution is 5.76. The molecule has 2 rings (SSSR count). The van der Waals surface area contributed by atoms with Crippen LogP contribution < -0.4 is 5.32 Å². The number of aliphatic hydroxyl groups excluding tert-OH is 8. The maximum atomic E-state index is 13.3. The second-order valence-electron chi connectivity index (χ2n) is 23.6. The minimum Gasteiger partial charge on any atom is -0.394 e. The maximum Gasteiger partial charge on any atom is 0.220 e. The Morgan fingerprint density at radius 3 is 1.23 bits per heavy atom. The van der Waals surface area contributed by atoms with Crippen LogP contribution in [0.25, 0.3) is 0 Å². The van der Waals surface area contributed by atoms with E-state index < -0.39 is 86.8 Å². The van der Waals surface area contributed by atoms with E-state index >= 15 is 0 Å². The number of unbranched alkanes of at least 4 members (excludes halogenated alkanes) is 25. The molecule has 86 heavy (non-hydrogen) atoms.